The van der Waals surface area contributed by atoms with Gasteiger partial charge in [-0.3, -0.25) is 0 Å². The Balaban J connectivity index is 2.02. The van der Waals surface area contributed by atoms with Gasteiger partial charge in [0, 0.05) is 12.6 Å². The Hall–Kier alpha value is -0.970. The second-order valence-corrected chi connectivity index (χ2v) is 5.81. The quantitative estimate of drug-likeness (QED) is 0.623. The number of anilines is 2. The van der Waals surface area contributed by atoms with E-state index in [-0.39, 0.29) is 0 Å². The number of rotatable bonds is 5. The number of aromatic nitrogens is 2. The van der Waals surface area contributed by atoms with Crippen LogP contribution in [0.2, 0.25) is 0 Å². The predicted octanol–water partition coefficient (Wildman–Crippen LogP) is 2.63. The topological polar surface area (TPSA) is 63.8 Å². The third-order valence-corrected chi connectivity index (χ3v) is 4.19. The maximum atomic E-state index is 5.75. The molecule has 17 heavy (non-hydrogen) atoms. The van der Waals surface area contributed by atoms with Crippen molar-refractivity contribution < 1.29 is 0 Å². The SMILES string of the molecule is CSc1nc(N)cc(NCC2(C(C)C)CC2)n1. The summed E-state index contributed by atoms with van der Waals surface area (Å²) in [6, 6.07) is 1.80. The van der Waals surface area contributed by atoms with Gasteiger partial charge in [-0.1, -0.05) is 25.6 Å². The zero-order valence-electron chi connectivity index (χ0n) is 10.7. The van der Waals surface area contributed by atoms with Crippen molar-refractivity contribution in [3.05, 3.63) is 6.07 Å². The van der Waals surface area contributed by atoms with Gasteiger partial charge in [-0.05, 0) is 30.4 Å². The summed E-state index contributed by atoms with van der Waals surface area (Å²) in [5.74, 6) is 2.09. The lowest BCUT2D eigenvalue weighted by molar-refractivity contribution is 0.379. The molecule has 0 spiro atoms. The van der Waals surface area contributed by atoms with Crippen LogP contribution in [0.4, 0.5) is 11.6 Å². The zero-order valence-corrected chi connectivity index (χ0v) is 11.5. The van der Waals surface area contributed by atoms with Crippen molar-refractivity contribution in [2.24, 2.45) is 11.3 Å². The second kappa shape index (κ2) is 4.72. The molecule has 0 unspecified atom stereocenters. The first-order chi connectivity index (χ1) is 8.05. The summed E-state index contributed by atoms with van der Waals surface area (Å²) >= 11 is 1.51. The Labute approximate surface area is 107 Å². The van der Waals surface area contributed by atoms with E-state index in [9.17, 15) is 0 Å². The number of nitrogens with zero attached hydrogens (tertiary/aromatic N) is 2. The largest absolute Gasteiger partial charge is 0.383 e. The molecule has 0 aliphatic heterocycles. The van der Waals surface area contributed by atoms with Crippen molar-refractivity contribution in [3.8, 4) is 0 Å². The van der Waals surface area contributed by atoms with E-state index in [1.807, 2.05) is 6.26 Å². The highest BCUT2D eigenvalue weighted by atomic mass is 32.2. The van der Waals surface area contributed by atoms with Gasteiger partial charge in [0.15, 0.2) is 5.16 Å². The molecule has 0 amide bonds. The van der Waals surface area contributed by atoms with Gasteiger partial charge in [-0.2, -0.15) is 0 Å². The molecule has 1 saturated carbocycles. The van der Waals surface area contributed by atoms with E-state index < -0.39 is 0 Å². The molecule has 1 aliphatic carbocycles. The normalized spacial score (nSPS) is 17.2. The Morgan fingerprint density at radius 2 is 2.18 bits per heavy atom. The van der Waals surface area contributed by atoms with Crippen LogP contribution >= 0.6 is 11.8 Å². The van der Waals surface area contributed by atoms with E-state index in [1.165, 1.54) is 24.6 Å². The minimum atomic E-state index is 0.471. The van der Waals surface area contributed by atoms with Crippen molar-refractivity contribution in [3.63, 3.8) is 0 Å². The van der Waals surface area contributed by atoms with E-state index in [0.29, 0.717) is 17.2 Å². The Bertz CT molecular complexity index is 401. The van der Waals surface area contributed by atoms with Crippen LogP contribution in [0, 0.1) is 11.3 Å². The molecule has 0 saturated heterocycles. The molecule has 5 heteroatoms. The molecule has 2 rings (SSSR count). The molecule has 1 heterocycles. The maximum Gasteiger partial charge on any atom is 0.191 e. The molecule has 4 nitrogen and oxygen atoms in total. The molecule has 1 aromatic heterocycles. The highest BCUT2D eigenvalue weighted by Crippen LogP contribution is 2.51. The first-order valence-corrected chi connectivity index (χ1v) is 7.21. The van der Waals surface area contributed by atoms with Crippen LogP contribution in [0.5, 0.6) is 0 Å². The number of hydrogen-bond acceptors (Lipinski definition) is 5. The number of hydrogen-bond donors (Lipinski definition) is 2. The Morgan fingerprint density at radius 1 is 1.47 bits per heavy atom. The van der Waals surface area contributed by atoms with Crippen LogP contribution in [0.1, 0.15) is 26.7 Å². The van der Waals surface area contributed by atoms with Gasteiger partial charge < -0.3 is 11.1 Å². The highest BCUT2D eigenvalue weighted by molar-refractivity contribution is 7.98. The minimum Gasteiger partial charge on any atom is -0.383 e. The summed E-state index contributed by atoms with van der Waals surface area (Å²) in [4.78, 5) is 8.54. The molecule has 3 N–H and O–H groups in total. The fourth-order valence-corrected chi connectivity index (χ4v) is 2.40. The van der Waals surface area contributed by atoms with Gasteiger partial charge in [0.2, 0.25) is 0 Å². The van der Waals surface area contributed by atoms with Gasteiger partial charge in [0.25, 0.3) is 0 Å². The summed E-state index contributed by atoms with van der Waals surface area (Å²) in [6.07, 6.45) is 4.58. The summed E-state index contributed by atoms with van der Waals surface area (Å²) in [6.45, 7) is 5.56. The molecule has 1 aliphatic rings. The van der Waals surface area contributed by atoms with Crippen LogP contribution in [-0.4, -0.2) is 22.8 Å². The molecule has 0 bridgehead atoms. The van der Waals surface area contributed by atoms with E-state index in [1.54, 1.807) is 6.07 Å². The fourth-order valence-electron chi connectivity index (χ4n) is 2.01. The van der Waals surface area contributed by atoms with Crippen LogP contribution in [-0.2, 0) is 0 Å². The van der Waals surface area contributed by atoms with Crippen LogP contribution in [0.25, 0.3) is 0 Å². The highest BCUT2D eigenvalue weighted by Gasteiger charge is 2.44. The summed E-state index contributed by atoms with van der Waals surface area (Å²) in [5.41, 5.74) is 6.22. The smallest absolute Gasteiger partial charge is 0.191 e. The van der Waals surface area contributed by atoms with Gasteiger partial charge >= 0.3 is 0 Å². The van der Waals surface area contributed by atoms with E-state index >= 15 is 0 Å². The van der Waals surface area contributed by atoms with Crippen LogP contribution in [0.3, 0.4) is 0 Å². The van der Waals surface area contributed by atoms with Gasteiger partial charge in [0.1, 0.15) is 11.6 Å². The number of nitrogens with one attached hydrogen (secondary N) is 1. The number of nitrogen functional groups attached to an aromatic ring is 1. The number of nitrogens with two attached hydrogens (primary N) is 1. The summed E-state index contributed by atoms with van der Waals surface area (Å²) in [7, 11) is 0. The molecule has 0 radical (unpaired) electrons. The van der Waals surface area contributed by atoms with Gasteiger partial charge in [0.05, 0.1) is 0 Å². The number of thioether (sulfide) groups is 1. The molecule has 0 atom stereocenters. The predicted molar refractivity (Wildman–Crippen MR) is 73.2 cm³/mol. The Kier molecular flexibility index (Phi) is 3.47. The molecular formula is C12H20N4S. The summed E-state index contributed by atoms with van der Waals surface area (Å²) in [5, 5.41) is 4.12. The Morgan fingerprint density at radius 3 is 2.71 bits per heavy atom. The molecule has 1 fully saturated rings. The molecule has 1 aromatic rings. The maximum absolute atomic E-state index is 5.75. The van der Waals surface area contributed by atoms with Crippen molar-refractivity contribution >= 4 is 23.4 Å². The third-order valence-electron chi connectivity index (χ3n) is 3.65. The average Bonchev–Trinajstić information content (AvgIpc) is 3.06. The lowest BCUT2D eigenvalue weighted by Crippen LogP contribution is -2.21. The van der Waals surface area contributed by atoms with E-state index in [2.05, 4.69) is 29.1 Å². The molecular weight excluding hydrogens is 232 g/mol. The lowest BCUT2D eigenvalue weighted by atomic mass is 9.92. The monoisotopic (exact) mass is 252 g/mol. The average molecular weight is 252 g/mol. The van der Waals surface area contributed by atoms with Gasteiger partial charge in [-0.15, -0.1) is 0 Å². The van der Waals surface area contributed by atoms with Crippen molar-refractivity contribution in [2.75, 3.05) is 23.9 Å². The lowest BCUT2D eigenvalue weighted by Gasteiger charge is -2.20. The van der Waals surface area contributed by atoms with Crippen LogP contribution < -0.4 is 11.1 Å². The van der Waals surface area contributed by atoms with Crippen molar-refractivity contribution in [1.29, 1.82) is 0 Å². The second-order valence-electron chi connectivity index (χ2n) is 5.04. The van der Waals surface area contributed by atoms with Crippen LogP contribution in [0.15, 0.2) is 11.2 Å². The molecule has 94 valence electrons. The van der Waals surface area contributed by atoms with Crippen molar-refractivity contribution in [1.82, 2.24) is 9.97 Å². The summed E-state index contributed by atoms with van der Waals surface area (Å²) < 4.78 is 0. The first kappa shape index (κ1) is 12.5. The van der Waals surface area contributed by atoms with E-state index in [4.69, 9.17) is 5.73 Å². The van der Waals surface area contributed by atoms with Crippen molar-refractivity contribution in [2.45, 2.75) is 31.8 Å². The fraction of sp³-hybridized carbons (Fsp3) is 0.667. The van der Waals surface area contributed by atoms with E-state index in [0.717, 1.165) is 17.5 Å². The standard InChI is InChI=1S/C12H20N4S/c1-8(2)12(4-5-12)7-14-10-6-9(13)15-11(16-10)17-3/h6,8H,4-5,7H2,1-3H3,(H3,13,14,15,16). The first-order valence-electron chi connectivity index (χ1n) is 5.98. The molecule has 0 aromatic carbocycles. The third kappa shape index (κ3) is 2.83. The van der Waals surface area contributed by atoms with Gasteiger partial charge in [-0.25, -0.2) is 9.97 Å². The minimum absolute atomic E-state index is 0.471. The zero-order chi connectivity index (χ0) is 12.5.